The van der Waals surface area contributed by atoms with Gasteiger partial charge in [0.05, 0.1) is 12.2 Å². The largest absolute Gasteiger partial charge is 0.444 e. The van der Waals surface area contributed by atoms with Crippen molar-refractivity contribution in [3.63, 3.8) is 0 Å². The van der Waals surface area contributed by atoms with Crippen LogP contribution in [0.25, 0.3) is 0 Å². The summed E-state index contributed by atoms with van der Waals surface area (Å²) in [6.45, 7) is 8.76. The zero-order valence-electron chi connectivity index (χ0n) is 13.1. The summed E-state index contributed by atoms with van der Waals surface area (Å²) in [6.07, 6.45) is 2.34. The van der Waals surface area contributed by atoms with E-state index in [1.54, 1.807) is 4.90 Å². The molecule has 0 spiro atoms. The van der Waals surface area contributed by atoms with Crippen molar-refractivity contribution in [2.75, 3.05) is 6.54 Å². The van der Waals surface area contributed by atoms with E-state index in [0.29, 0.717) is 13.1 Å². The van der Waals surface area contributed by atoms with Crippen molar-refractivity contribution in [3.8, 4) is 0 Å². The number of hydrogen-bond acceptors (Lipinski definition) is 4. The van der Waals surface area contributed by atoms with E-state index in [0.717, 1.165) is 36.2 Å². The third kappa shape index (κ3) is 4.06. The van der Waals surface area contributed by atoms with E-state index >= 15 is 0 Å². The first-order chi connectivity index (χ1) is 9.80. The van der Waals surface area contributed by atoms with E-state index in [2.05, 4.69) is 16.9 Å². The van der Waals surface area contributed by atoms with Crippen molar-refractivity contribution in [3.05, 3.63) is 22.2 Å². The van der Waals surface area contributed by atoms with Crippen LogP contribution in [0.15, 0.2) is 0 Å². The number of carbonyl (C=O) groups is 1. The predicted octanol–water partition coefficient (Wildman–Crippen LogP) is 3.38. The Balaban J connectivity index is 2.19. The number of hydrogen-bond donors (Lipinski definition) is 0. The number of carbonyl (C=O) groups excluding carboxylic acids is 1. The van der Waals surface area contributed by atoms with Crippen LogP contribution in [0.1, 0.15) is 51.1 Å². The van der Waals surface area contributed by atoms with Gasteiger partial charge in [0.25, 0.3) is 0 Å². The summed E-state index contributed by atoms with van der Waals surface area (Å²) < 4.78 is 5.41. The van der Waals surface area contributed by atoms with Crippen LogP contribution in [-0.2, 0) is 24.1 Å². The van der Waals surface area contributed by atoms with Crippen LogP contribution < -0.4 is 0 Å². The molecular formula is C15H22ClN3O2. The van der Waals surface area contributed by atoms with Gasteiger partial charge < -0.3 is 9.64 Å². The molecule has 1 amide bonds. The summed E-state index contributed by atoms with van der Waals surface area (Å²) in [7, 11) is 0. The molecule has 1 aliphatic heterocycles. The maximum atomic E-state index is 12.1. The van der Waals surface area contributed by atoms with Gasteiger partial charge in [0.1, 0.15) is 5.60 Å². The molecule has 0 aromatic carbocycles. The van der Waals surface area contributed by atoms with Crippen LogP contribution in [-0.4, -0.2) is 33.1 Å². The molecule has 0 saturated carbocycles. The van der Waals surface area contributed by atoms with Gasteiger partial charge in [-0.25, -0.2) is 14.8 Å². The molecular weight excluding hydrogens is 290 g/mol. The molecule has 2 heterocycles. The average molecular weight is 312 g/mol. The van der Waals surface area contributed by atoms with Gasteiger partial charge in [-0.05, 0) is 50.8 Å². The lowest BCUT2D eigenvalue weighted by Gasteiger charge is -2.31. The maximum absolute atomic E-state index is 12.1. The Morgan fingerprint density at radius 3 is 2.71 bits per heavy atom. The van der Waals surface area contributed by atoms with Gasteiger partial charge in [0, 0.05) is 12.2 Å². The highest BCUT2D eigenvalue weighted by molar-refractivity contribution is 6.28. The molecule has 6 heteroatoms. The third-order valence-corrected chi connectivity index (χ3v) is 3.43. The van der Waals surface area contributed by atoms with Gasteiger partial charge in [0.15, 0.2) is 0 Å². The average Bonchev–Trinajstić information content (AvgIpc) is 2.36. The van der Waals surface area contributed by atoms with E-state index in [-0.39, 0.29) is 11.4 Å². The van der Waals surface area contributed by atoms with Crippen LogP contribution in [0.2, 0.25) is 5.28 Å². The predicted molar refractivity (Wildman–Crippen MR) is 81.4 cm³/mol. The standard InChI is InChI=1S/C15H22ClN3O2/c1-5-6-11-10-7-8-19(14(20)21-15(2,3)4)9-12(10)18-13(16)17-11/h5-9H2,1-4H3. The van der Waals surface area contributed by atoms with Crippen molar-refractivity contribution in [2.45, 2.75) is 59.1 Å². The van der Waals surface area contributed by atoms with E-state index in [4.69, 9.17) is 16.3 Å². The SMILES string of the molecule is CCCc1nc(Cl)nc2c1CCN(C(=O)OC(C)(C)C)C2. The molecule has 5 nitrogen and oxygen atoms in total. The molecule has 21 heavy (non-hydrogen) atoms. The fourth-order valence-electron chi connectivity index (χ4n) is 2.40. The number of halogens is 1. The number of aromatic nitrogens is 2. The molecule has 0 N–H and O–H groups in total. The molecule has 0 radical (unpaired) electrons. The molecule has 1 aliphatic rings. The second kappa shape index (κ2) is 6.18. The van der Waals surface area contributed by atoms with Crippen molar-refractivity contribution in [1.29, 1.82) is 0 Å². The van der Waals surface area contributed by atoms with Crippen molar-refractivity contribution in [2.24, 2.45) is 0 Å². The Kier molecular flexibility index (Phi) is 4.71. The quantitative estimate of drug-likeness (QED) is 0.786. The third-order valence-electron chi connectivity index (χ3n) is 3.26. The molecule has 2 rings (SSSR count). The summed E-state index contributed by atoms with van der Waals surface area (Å²) in [4.78, 5) is 22.4. The van der Waals surface area contributed by atoms with E-state index < -0.39 is 5.60 Å². The molecule has 0 bridgehead atoms. The number of rotatable bonds is 2. The van der Waals surface area contributed by atoms with Gasteiger partial charge in [-0.3, -0.25) is 0 Å². The van der Waals surface area contributed by atoms with E-state index in [1.165, 1.54) is 0 Å². The van der Waals surface area contributed by atoms with Crippen LogP contribution >= 0.6 is 11.6 Å². The second-order valence-electron chi connectivity index (χ2n) is 6.27. The van der Waals surface area contributed by atoms with Crippen molar-refractivity contribution < 1.29 is 9.53 Å². The van der Waals surface area contributed by atoms with Crippen LogP contribution in [0, 0.1) is 0 Å². The Morgan fingerprint density at radius 1 is 1.38 bits per heavy atom. The fraction of sp³-hybridized carbons (Fsp3) is 0.667. The molecule has 1 aromatic heterocycles. The molecule has 0 saturated heterocycles. The summed E-state index contributed by atoms with van der Waals surface area (Å²) in [6, 6.07) is 0. The van der Waals surface area contributed by atoms with Crippen LogP contribution in [0.3, 0.4) is 0 Å². The van der Waals surface area contributed by atoms with E-state index in [9.17, 15) is 4.79 Å². The highest BCUT2D eigenvalue weighted by atomic mass is 35.5. The zero-order valence-corrected chi connectivity index (χ0v) is 13.8. The second-order valence-corrected chi connectivity index (χ2v) is 6.60. The number of nitrogens with zero attached hydrogens (tertiary/aromatic N) is 3. The molecule has 0 unspecified atom stereocenters. The zero-order chi connectivity index (χ0) is 15.6. The van der Waals surface area contributed by atoms with Gasteiger partial charge in [0.2, 0.25) is 5.28 Å². The van der Waals surface area contributed by atoms with Gasteiger partial charge in [-0.15, -0.1) is 0 Å². The highest BCUT2D eigenvalue weighted by Gasteiger charge is 2.28. The lowest BCUT2D eigenvalue weighted by atomic mass is 10.0. The molecule has 1 aromatic rings. The molecule has 0 atom stereocenters. The Hall–Kier alpha value is -1.36. The lowest BCUT2D eigenvalue weighted by Crippen LogP contribution is -2.40. The monoisotopic (exact) mass is 311 g/mol. The Morgan fingerprint density at radius 2 is 2.10 bits per heavy atom. The summed E-state index contributed by atoms with van der Waals surface area (Å²) >= 11 is 5.99. The van der Waals surface area contributed by atoms with Gasteiger partial charge in [-0.1, -0.05) is 13.3 Å². The number of amides is 1. The summed E-state index contributed by atoms with van der Waals surface area (Å²) in [5.74, 6) is 0. The van der Waals surface area contributed by atoms with Gasteiger partial charge in [-0.2, -0.15) is 0 Å². The first-order valence-corrected chi connectivity index (χ1v) is 7.70. The van der Waals surface area contributed by atoms with Crippen LogP contribution in [0.5, 0.6) is 0 Å². The minimum absolute atomic E-state index is 0.253. The Bertz CT molecular complexity index is 540. The fourth-order valence-corrected chi connectivity index (χ4v) is 2.61. The molecule has 0 fully saturated rings. The summed E-state index contributed by atoms with van der Waals surface area (Å²) in [5.41, 5.74) is 2.50. The minimum atomic E-state index is -0.492. The number of aryl methyl sites for hydroxylation is 1. The van der Waals surface area contributed by atoms with E-state index in [1.807, 2.05) is 20.8 Å². The normalized spacial score (nSPS) is 14.8. The smallest absolute Gasteiger partial charge is 0.410 e. The van der Waals surface area contributed by atoms with Crippen molar-refractivity contribution >= 4 is 17.7 Å². The maximum Gasteiger partial charge on any atom is 0.410 e. The molecule has 116 valence electrons. The lowest BCUT2D eigenvalue weighted by molar-refractivity contribution is 0.0220. The number of ether oxygens (including phenoxy) is 1. The first-order valence-electron chi connectivity index (χ1n) is 7.32. The summed E-state index contributed by atoms with van der Waals surface area (Å²) in [5, 5.41) is 0.253. The van der Waals surface area contributed by atoms with Crippen LogP contribution in [0.4, 0.5) is 4.79 Å². The molecule has 0 aliphatic carbocycles. The minimum Gasteiger partial charge on any atom is -0.444 e. The number of fused-ring (bicyclic) bond motifs is 1. The topological polar surface area (TPSA) is 55.3 Å². The highest BCUT2D eigenvalue weighted by Crippen LogP contribution is 2.24. The first kappa shape index (κ1) is 16.0. The Labute approximate surface area is 130 Å². The van der Waals surface area contributed by atoms with Gasteiger partial charge >= 0.3 is 6.09 Å². The van der Waals surface area contributed by atoms with Crippen molar-refractivity contribution in [1.82, 2.24) is 14.9 Å².